The average molecular weight is 356 g/mol. The largest absolute Gasteiger partial charge is 0.367 e. The van der Waals surface area contributed by atoms with E-state index in [1.165, 1.54) is 12.3 Å². The van der Waals surface area contributed by atoms with Gasteiger partial charge in [0.05, 0.1) is 29.3 Å². The zero-order valence-corrected chi connectivity index (χ0v) is 14.1. The Morgan fingerprint density at radius 3 is 2.68 bits per heavy atom. The quantitative estimate of drug-likeness (QED) is 0.660. The summed E-state index contributed by atoms with van der Waals surface area (Å²) in [6, 6.07) is 9.65. The van der Waals surface area contributed by atoms with Gasteiger partial charge in [0.1, 0.15) is 5.82 Å². The van der Waals surface area contributed by atoms with Gasteiger partial charge in [0.25, 0.3) is 0 Å². The maximum atomic E-state index is 13.4. The van der Waals surface area contributed by atoms with Crippen LogP contribution in [0.25, 0.3) is 11.0 Å². The lowest BCUT2D eigenvalue weighted by Crippen LogP contribution is -2.69. The fraction of sp³-hybridized carbons (Fsp3) is 0.278. The Balaban J connectivity index is 1.40. The highest BCUT2D eigenvalue weighted by atomic mass is 35.5. The first-order valence-electron chi connectivity index (χ1n) is 8.24. The second-order valence-electron chi connectivity index (χ2n) is 6.55. The van der Waals surface area contributed by atoms with E-state index in [1.54, 1.807) is 0 Å². The molecule has 0 saturated carbocycles. The molecule has 1 aromatic carbocycles. The number of pyridine rings is 1. The third-order valence-corrected chi connectivity index (χ3v) is 5.26. The number of piperidine rings is 1. The van der Waals surface area contributed by atoms with Crippen LogP contribution < -0.4 is 9.80 Å². The molecule has 2 atom stereocenters. The van der Waals surface area contributed by atoms with E-state index in [2.05, 4.69) is 19.8 Å². The molecule has 5 heterocycles. The number of fused-ring (bicyclic) bond motifs is 3. The first kappa shape index (κ1) is 14.8. The first-order valence-corrected chi connectivity index (χ1v) is 8.62. The van der Waals surface area contributed by atoms with Crippen molar-refractivity contribution in [3.63, 3.8) is 0 Å². The summed E-state index contributed by atoms with van der Waals surface area (Å²) < 4.78 is 13.4. The zero-order valence-electron chi connectivity index (χ0n) is 13.3. The Kier molecular flexibility index (Phi) is 3.28. The number of anilines is 2. The van der Waals surface area contributed by atoms with Crippen molar-refractivity contribution in [2.45, 2.75) is 18.5 Å². The summed E-state index contributed by atoms with van der Waals surface area (Å²) in [5, 5.41) is 0.663. The van der Waals surface area contributed by atoms with Crippen molar-refractivity contribution < 1.29 is 4.39 Å². The van der Waals surface area contributed by atoms with E-state index in [4.69, 9.17) is 16.6 Å². The van der Waals surface area contributed by atoms with E-state index in [9.17, 15) is 4.39 Å². The van der Waals surface area contributed by atoms with Crippen molar-refractivity contribution in [1.82, 2.24) is 15.0 Å². The molecule has 3 aliphatic rings. The monoisotopic (exact) mass is 355 g/mol. The first-order chi connectivity index (χ1) is 12.2. The fourth-order valence-electron chi connectivity index (χ4n) is 3.88. The summed E-state index contributed by atoms with van der Waals surface area (Å²) in [6.45, 7) is 1.70. The van der Waals surface area contributed by atoms with Gasteiger partial charge in [-0.05, 0) is 30.7 Å². The van der Waals surface area contributed by atoms with Crippen LogP contribution in [0.4, 0.5) is 15.9 Å². The standard InChI is InChI=1S/C18H15ClFN5/c19-11-1-2-15-16(5-11)22-8-18(23-15)25-13-6-14(25)10-24(9-13)12-3-4-21-17(20)7-12/h1-5,7-8,13-14H,6,9-10H2. The van der Waals surface area contributed by atoms with Crippen LogP contribution in [-0.4, -0.2) is 40.1 Å². The zero-order chi connectivity index (χ0) is 17.0. The van der Waals surface area contributed by atoms with Crippen LogP contribution in [0.2, 0.25) is 5.02 Å². The second kappa shape index (κ2) is 5.52. The molecule has 2 unspecified atom stereocenters. The van der Waals surface area contributed by atoms with Crippen LogP contribution in [0, 0.1) is 5.95 Å². The van der Waals surface area contributed by atoms with Gasteiger partial charge in [-0.25, -0.2) is 9.97 Å². The normalized spacial score (nSPS) is 22.2. The van der Waals surface area contributed by atoms with Crippen LogP contribution >= 0.6 is 11.6 Å². The third-order valence-electron chi connectivity index (χ3n) is 5.02. The number of halogens is 2. The molecule has 0 aliphatic carbocycles. The molecule has 0 N–H and O–H groups in total. The average Bonchev–Trinajstić information content (AvgIpc) is 2.62. The lowest BCUT2D eigenvalue weighted by atomic mass is 9.87. The molecule has 2 bridgehead atoms. The van der Waals surface area contributed by atoms with Gasteiger partial charge in [-0.3, -0.25) is 4.98 Å². The molecule has 3 fully saturated rings. The predicted molar refractivity (Wildman–Crippen MR) is 95.6 cm³/mol. The van der Waals surface area contributed by atoms with Gasteiger partial charge in [0, 0.05) is 36.1 Å². The Hall–Kier alpha value is -2.47. The minimum atomic E-state index is -0.437. The SMILES string of the molecule is Fc1cc(N2CC3CC(C2)N3c2cnc3cc(Cl)ccc3n2)ccn1. The number of hydrogen-bond acceptors (Lipinski definition) is 5. The molecule has 3 aliphatic heterocycles. The Labute approximate surface area is 149 Å². The Morgan fingerprint density at radius 2 is 1.88 bits per heavy atom. The van der Waals surface area contributed by atoms with Gasteiger partial charge in [-0.15, -0.1) is 0 Å². The van der Waals surface area contributed by atoms with E-state index in [-0.39, 0.29) is 0 Å². The van der Waals surface area contributed by atoms with Gasteiger partial charge < -0.3 is 9.80 Å². The minimum absolute atomic E-state index is 0.369. The van der Waals surface area contributed by atoms with Crippen molar-refractivity contribution >= 4 is 34.1 Å². The number of benzene rings is 1. The van der Waals surface area contributed by atoms with Gasteiger partial charge in [0.2, 0.25) is 5.95 Å². The van der Waals surface area contributed by atoms with Crippen LogP contribution in [0.5, 0.6) is 0 Å². The molecule has 2 aromatic heterocycles. The summed E-state index contributed by atoms with van der Waals surface area (Å²) in [4.78, 5) is 17.4. The molecule has 3 saturated heterocycles. The van der Waals surface area contributed by atoms with Crippen molar-refractivity contribution in [3.05, 3.63) is 53.7 Å². The summed E-state index contributed by atoms with van der Waals surface area (Å²) in [7, 11) is 0. The molecule has 0 amide bonds. The summed E-state index contributed by atoms with van der Waals surface area (Å²) in [6.07, 6.45) is 4.46. The molecule has 25 heavy (non-hydrogen) atoms. The highest BCUT2D eigenvalue weighted by Gasteiger charge is 2.45. The maximum absolute atomic E-state index is 13.4. The van der Waals surface area contributed by atoms with E-state index < -0.39 is 5.95 Å². The predicted octanol–water partition coefficient (Wildman–Crippen LogP) is 3.28. The van der Waals surface area contributed by atoms with Crippen molar-refractivity contribution in [2.75, 3.05) is 22.9 Å². The van der Waals surface area contributed by atoms with E-state index >= 15 is 0 Å². The van der Waals surface area contributed by atoms with Crippen molar-refractivity contribution in [1.29, 1.82) is 0 Å². The molecule has 0 spiro atoms. The van der Waals surface area contributed by atoms with Gasteiger partial charge in [0.15, 0.2) is 0 Å². The minimum Gasteiger partial charge on any atom is -0.367 e. The van der Waals surface area contributed by atoms with Gasteiger partial charge >= 0.3 is 0 Å². The molecule has 7 heteroatoms. The smallest absolute Gasteiger partial charge is 0.214 e. The second-order valence-corrected chi connectivity index (χ2v) is 6.99. The molecule has 3 aromatic rings. The van der Waals surface area contributed by atoms with Crippen LogP contribution in [0.15, 0.2) is 42.7 Å². The highest BCUT2D eigenvalue weighted by Crippen LogP contribution is 2.38. The van der Waals surface area contributed by atoms with E-state index in [0.717, 1.165) is 42.0 Å². The lowest BCUT2D eigenvalue weighted by molar-refractivity contribution is 0.289. The number of nitrogens with zero attached hydrogens (tertiary/aromatic N) is 5. The van der Waals surface area contributed by atoms with Gasteiger partial charge in [-0.1, -0.05) is 11.6 Å². The number of piperazine rings is 1. The molecule has 126 valence electrons. The summed E-state index contributed by atoms with van der Waals surface area (Å²) in [5.74, 6) is 0.462. The topological polar surface area (TPSA) is 45.2 Å². The number of hydrogen-bond donors (Lipinski definition) is 0. The lowest BCUT2D eigenvalue weighted by Gasteiger charge is -2.57. The molecule has 5 nitrogen and oxygen atoms in total. The van der Waals surface area contributed by atoms with Crippen LogP contribution in [-0.2, 0) is 0 Å². The van der Waals surface area contributed by atoms with Crippen molar-refractivity contribution in [3.8, 4) is 0 Å². The molecular formula is C18H15ClFN5. The third kappa shape index (κ3) is 2.48. The van der Waals surface area contributed by atoms with Gasteiger partial charge in [-0.2, -0.15) is 4.39 Å². The Morgan fingerprint density at radius 1 is 1.04 bits per heavy atom. The fourth-order valence-corrected chi connectivity index (χ4v) is 4.05. The number of aromatic nitrogens is 3. The Bertz CT molecular complexity index is 953. The van der Waals surface area contributed by atoms with Crippen molar-refractivity contribution in [2.24, 2.45) is 0 Å². The summed E-state index contributed by atoms with van der Waals surface area (Å²) in [5.41, 5.74) is 2.54. The van der Waals surface area contributed by atoms with Crippen LogP contribution in [0.3, 0.4) is 0 Å². The molecule has 6 rings (SSSR count). The van der Waals surface area contributed by atoms with Crippen LogP contribution in [0.1, 0.15) is 6.42 Å². The molecule has 0 radical (unpaired) electrons. The maximum Gasteiger partial charge on any atom is 0.214 e. The van der Waals surface area contributed by atoms with E-state index in [1.807, 2.05) is 30.5 Å². The summed E-state index contributed by atoms with van der Waals surface area (Å²) >= 11 is 6.01. The molecular weight excluding hydrogens is 341 g/mol. The highest BCUT2D eigenvalue weighted by molar-refractivity contribution is 6.31. The van der Waals surface area contributed by atoms with E-state index in [0.29, 0.717) is 17.1 Å². The number of rotatable bonds is 2.